The Bertz CT molecular complexity index is 300. The third-order valence-corrected chi connectivity index (χ3v) is 4.99. The van der Waals surface area contributed by atoms with Crippen LogP contribution in [0, 0.1) is 17.3 Å². The average molecular weight is 303 g/mol. The second-order valence-corrected chi connectivity index (χ2v) is 7.42. The van der Waals surface area contributed by atoms with E-state index in [0.29, 0.717) is 17.2 Å². The summed E-state index contributed by atoms with van der Waals surface area (Å²) in [5, 5.41) is 3.37. The van der Waals surface area contributed by atoms with Crippen molar-refractivity contribution < 1.29 is 4.79 Å². The summed E-state index contributed by atoms with van der Waals surface area (Å²) in [4.78, 5) is 14.4. The highest BCUT2D eigenvalue weighted by atomic mass is 35.5. The first-order valence-electron chi connectivity index (χ1n) is 7.95. The Hall–Kier alpha value is -0.280. The van der Waals surface area contributed by atoms with Crippen molar-refractivity contribution in [3.63, 3.8) is 0 Å². The summed E-state index contributed by atoms with van der Waals surface area (Å²) >= 11 is 0. The van der Waals surface area contributed by atoms with Gasteiger partial charge in [0.15, 0.2) is 0 Å². The van der Waals surface area contributed by atoms with E-state index in [1.165, 1.54) is 25.7 Å². The molecule has 0 spiro atoms. The van der Waals surface area contributed by atoms with Crippen LogP contribution >= 0.6 is 12.4 Å². The first kappa shape index (κ1) is 17.8. The molecule has 0 unspecified atom stereocenters. The maximum Gasteiger partial charge on any atom is 0.222 e. The van der Waals surface area contributed by atoms with Crippen LogP contribution in [0.2, 0.25) is 0 Å². The normalized spacial score (nSPS) is 22.4. The van der Waals surface area contributed by atoms with Crippen LogP contribution in [0.25, 0.3) is 0 Å². The molecule has 0 aromatic carbocycles. The number of hydrogen-bond donors (Lipinski definition) is 1. The maximum absolute atomic E-state index is 12.3. The molecule has 1 N–H and O–H groups in total. The van der Waals surface area contributed by atoms with Gasteiger partial charge in [0.2, 0.25) is 5.91 Å². The largest absolute Gasteiger partial charge is 0.343 e. The molecule has 0 radical (unpaired) electrons. The number of rotatable bonds is 2. The van der Waals surface area contributed by atoms with Gasteiger partial charge in [-0.3, -0.25) is 4.79 Å². The predicted molar refractivity (Wildman–Crippen MR) is 86.2 cm³/mol. The molecule has 2 rings (SSSR count). The Morgan fingerprint density at radius 1 is 1.10 bits per heavy atom. The van der Waals surface area contributed by atoms with Gasteiger partial charge in [0.1, 0.15) is 0 Å². The molecule has 2 aliphatic heterocycles. The summed E-state index contributed by atoms with van der Waals surface area (Å²) in [5.41, 5.74) is 0.393. The number of carbonyl (C=O) groups is 1. The number of hydrogen-bond acceptors (Lipinski definition) is 2. The molecule has 0 aromatic heterocycles. The quantitative estimate of drug-likeness (QED) is 0.850. The number of nitrogens with zero attached hydrogens (tertiary/aromatic N) is 1. The summed E-state index contributed by atoms with van der Waals surface area (Å²) in [6, 6.07) is 0. The second kappa shape index (κ2) is 7.65. The summed E-state index contributed by atoms with van der Waals surface area (Å²) < 4.78 is 0. The summed E-state index contributed by atoms with van der Waals surface area (Å²) in [5.74, 6) is 1.80. The van der Waals surface area contributed by atoms with Crippen LogP contribution in [-0.4, -0.2) is 37.0 Å². The summed E-state index contributed by atoms with van der Waals surface area (Å²) in [6.07, 6.45) is 5.49. The lowest BCUT2D eigenvalue weighted by Gasteiger charge is -2.39. The monoisotopic (exact) mass is 302 g/mol. The molecule has 20 heavy (non-hydrogen) atoms. The van der Waals surface area contributed by atoms with Crippen molar-refractivity contribution in [2.24, 2.45) is 17.3 Å². The van der Waals surface area contributed by atoms with Crippen LogP contribution in [0.4, 0.5) is 0 Å². The minimum Gasteiger partial charge on any atom is -0.343 e. The molecule has 2 fully saturated rings. The zero-order valence-electron chi connectivity index (χ0n) is 13.3. The van der Waals surface area contributed by atoms with Crippen LogP contribution in [0.15, 0.2) is 0 Å². The second-order valence-electron chi connectivity index (χ2n) is 7.42. The number of halogens is 1. The smallest absolute Gasteiger partial charge is 0.222 e. The maximum atomic E-state index is 12.3. The molecule has 0 bridgehead atoms. The SMILES string of the molecule is CC(C)(C)C1CCN(C(=O)CC2CCNCC2)CC1.Cl. The Kier molecular flexibility index (Phi) is 6.80. The standard InChI is InChI=1S/C16H30N2O.ClH/c1-16(2,3)14-6-10-18(11-7-14)15(19)12-13-4-8-17-9-5-13;/h13-14,17H,4-12H2,1-3H3;1H. The van der Waals surface area contributed by atoms with E-state index in [2.05, 4.69) is 31.0 Å². The molecule has 0 aromatic rings. The van der Waals surface area contributed by atoms with Crippen molar-refractivity contribution >= 4 is 18.3 Å². The molecular weight excluding hydrogens is 272 g/mol. The first-order valence-corrected chi connectivity index (χ1v) is 7.95. The van der Waals surface area contributed by atoms with Gasteiger partial charge in [-0.1, -0.05) is 20.8 Å². The van der Waals surface area contributed by atoms with Crippen LogP contribution in [0.3, 0.4) is 0 Å². The van der Waals surface area contributed by atoms with Gasteiger partial charge >= 0.3 is 0 Å². The molecule has 1 amide bonds. The van der Waals surface area contributed by atoms with Gasteiger partial charge in [-0.2, -0.15) is 0 Å². The molecule has 2 heterocycles. The number of amides is 1. The van der Waals surface area contributed by atoms with Crippen LogP contribution < -0.4 is 5.32 Å². The lowest BCUT2D eigenvalue weighted by Crippen LogP contribution is -2.42. The third kappa shape index (κ3) is 4.92. The number of carbonyl (C=O) groups excluding carboxylic acids is 1. The van der Waals surface area contributed by atoms with Crippen molar-refractivity contribution in [1.82, 2.24) is 10.2 Å². The van der Waals surface area contributed by atoms with Crippen molar-refractivity contribution in [3.8, 4) is 0 Å². The van der Waals surface area contributed by atoms with Gasteiger partial charge in [0, 0.05) is 19.5 Å². The number of piperidine rings is 2. The van der Waals surface area contributed by atoms with E-state index in [1.54, 1.807) is 0 Å². The molecule has 0 aliphatic carbocycles. The Labute approximate surface area is 130 Å². The average Bonchev–Trinajstić information content (AvgIpc) is 2.39. The lowest BCUT2D eigenvalue weighted by atomic mass is 9.75. The van der Waals surface area contributed by atoms with E-state index in [0.717, 1.165) is 38.5 Å². The van der Waals surface area contributed by atoms with Gasteiger partial charge in [-0.05, 0) is 56.0 Å². The van der Waals surface area contributed by atoms with Crippen molar-refractivity contribution in [3.05, 3.63) is 0 Å². The minimum atomic E-state index is 0. The molecule has 0 saturated carbocycles. The molecule has 2 aliphatic rings. The van der Waals surface area contributed by atoms with Crippen LogP contribution in [0.5, 0.6) is 0 Å². The van der Waals surface area contributed by atoms with Crippen molar-refractivity contribution in [1.29, 1.82) is 0 Å². The van der Waals surface area contributed by atoms with Gasteiger partial charge < -0.3 is 10.2 Å². The minimum absolute atomic E-state index is 0. The Morgan fingerprint density at radius 3 is 2.15 bits per heavy atom. The van der Waals surface area contributed by atoms with E-state index in [4.69, 9.17) is 0 Å². The molecule has 0 atom stereocenters. The van der Waals surface area contributed by atoms with E-state index in [9.17, 15) is 4.79 Å². The van der Waals surface area contributed by atoms with E-state index < -0.39 is 0 Å². The number of nitrogens with one attached hydrogen (secondary N) is 1. The zero-order chi connectivity index (χ0) is 13.9. The molecule has 3 nitrogen and oxygen atoms in total. The van der Waals surface area contributed by atoms with Gasteiger partial charge in [0.25, 0.3) is 0 Å². The van der Waals surface area contributed by atoms with Crippen LogP contribution in [0.1, 0.15) is 52.9 Å². The van der Waals surface area contributed by atoms with Crippen molar-refractivity contribution in [2.75, 3.05) is 26.2 Å². The lowest BCUT2D eigenvalue weighted by molar-refractivity contribution is -0.134. The molecule has 2 saturated heterocycles. The Morgan fingerprint density at radius 2 is 1.65 bits per heavy atom. The van der Waals surface area contributed by atoms with Gasteiger partial charge in [-0.25, -0.2) is 0 Å². The van der Waals surface area contributed by atoms with Crippen molar-refractivity contribution in [2.45, 2.75) is 52.9 Å². The molecular formula is C16H31ClN2O. The first-order chi connectivity index (χ1) is 8.97. The fourth-order valence-corrected chi connectivity index (χ4v) is 3.46. The molecule has 118 valence electrons. The highest BCUT2D eigenvalue weighted by Crippen LogP contribution is 2.34. The summed E-state index contributed by atoms with van der Waals surface area (Å²) in [6.45, 7) is 11.1. The van der Waals surface area contributed by atoms with E-state index in [1.807, 2.05) is 0 Å². The van der Waals surface area contributed by atoms with Crippen LogP contribution in [-0.2, 0) is 4.79 Å². The van der Waals surface area contributed by atoms with E-state index in [-0.39, 0.29) is 12.4 Å². The fourth-order valence-electron chi connectivity index (χ4n) is 3.46. The molecule has 4 heteroatoms. The third-order valence-electron chi connectivity index (χ3n) is 4.99. The fraction of sp³-hybridized carbons (Fsp3) is 0.938. The highest BCUT2D eigenvalue weighted by Gasteiger charge is 2.31. The predicted octanol–water partition coefficient (Wildman–Crippen LogP) is 3.08. The Balaban J connectivity index is 0.00000200. The number of likely N-dealkylation sites (tertiary alicyclic amines) is 1. The topological polar surface area (TPSA) is 32.3 Å². The summed E-state index contributed by atoms with van der Waals surface area (Å²) in [7, 11) is 0. The highest BCUT2D eigenvalue weighted by molar-refractivity contribution is 5.85. The van der Waals surface area contributed by atoms with E-state index >= 15 is 0 Å². The van der Waals surface area contributed by atoms with Gasteiger partial charge in [-0.15, -0.1) is 12.4 Å². The zero-order valence-corrected chi connectivity index (χ0v) is 14.1. The van der Waals surface area contributed by atoms with Gasteiger partial charge in [0.05, 0.1) is 0 Å².